The van der Waals surface area contributed by atoms with Gasteiger partial charge in [-0.1, -0.05) is 197 Å². The fourth-order valence-corrected chi connectivity index (χ4v) is 8.50. The van der Waals surface area contributed by atoms with E-state index in [1.807, 2.05) is 33.3 Å². The maximum absolute atomic E-state index is 13.5. The smallest absolute Gasteiger partial charge is 0.456 e. The van der Waals surface area contributed by atoms with Crippen LogP contribution in [0.4, 0.5) is 0 Å². The number of likely N-dealkylation sites (N-methyl/N-ethyl adjacent to an activating group) is 1. The Morgan fingerprint density at radius 3 is 1.40 bits per heavy atom. The molecule has 0 fully saturated rings. The van der Waals surface area contributed by atoms with Crippen molar-refractivity contribution in [2.45, 2.75) is 258 Å². The van der Waals surface area contributed by atoms with E-state index in [2.05, 4.69) is 74.7 Å². The van der Waals surface area contributed by atoms with E-state index in [0.29, 0.717) is 23.9 Å². The van der Waals surface area contributed by atoms with Gasteiger partial charge < -0.3 is 19.4 Å². The summed E-state index contributed by atoms with van der Waals surface area (Å²) < 4.78 is 30.5. The number of phosphoric ester groups is 1. The van der Waals surface area contributed by atoms with Gasteiger partial charge in [0.25, 0.3) is 0 Å². The molecule has 0 aromatic heterocycles. The molecule has 9 nitrogen and oxygen atoms in total. The number of carbonyl (C=O) groups is 2. The number of hydrogen-bond acceptors (Lipinski definition) is 6. The third-order valence-corrected chi connectivity index (χ3v) is 13.2. The topological polar surface area (TPSA) is 111 Å². The molecular formula is C58H108N2O7P+. The van der Waals surface area contributed by atoms with Crippen molar-refractivity contribution in [3.8, 4) is 0 Å². The van der Waals surface area contributed by atoms with E-state index in [9.17, 15) is 19.0 Å². The van der Waals surface area contributed by atoms with Crippen LogP contribution in [0.3, 0.4) is 0 Å². The number of nitrogens with zero attached hydrogens (tertiary/aromatic N) is 1. The second-order valence-corrected chi connectivity index (χ2v) is 21.6. The molecule has 0 bridgehead atoms. The molecule has 0 radical (unpaired) electrons. The van der Waals surface area contributed by atoms with Gasteiger partial charge in [0.1, 0.15) is 19.3 Å². The minimum atomic E-state index is -4.45. The zero-order valence-corrected chi connectivity index (χ0v) is 46.0. The van der Waals surface area contributed by atoms with Crippen molar-refractivity contribution in [3.05, 3.63) is 60.8 Å². The van der Waals surface area contributed by atoms with E-state index < -0.39 is 20.0 Å². The lowest BCUT2D eigenvalue weighted by molar-refractivity contribution is -0.870. The summed E-state index contributed by atoms with van der Waals surface area (Å²) in [5.74, 6) is -0.550. The number of amides is 1. The van der Waals surface area contributed by atoms with Gasteiger partial charge in [-0.25, -0.2) is 4.57 Å². The van der Waals surface area contributed by atoms with Gasteiger partial charge in [-0.05, 0) is 96.0 Å². The van der Waals surface area contributed by atoms with Gasteiger partial charge >= 0.3 is 13.8 Å². The standard InChI is InChI=1S/C58H107N2O7P/c1-7-10-13-16-19-22-25-27-29-30-31-33-36-39-42-45-48-51-58(62)67-56(49-46-43-40-37-34-24-21-18-15-12-9-3)55(54-66-68(63,64)65-53-52-60(4,5)6)59-57(61)50-47-44-41-38-35-32-28-26-23-20-17-14-11-8-2/h19,22,27,29,31-33,35,46,49,55-56H,7-18,20-21,23-26,28,30,34,36-45,47-48,50-54H2,1-6H3,(H-,59,61,63,64)/p+1/b22-19-,29-27-,33-31-,35-32-,49-46+. The van der Waals surface area contributed by atoms with Crippen LogP contribution in [0.5, 0.6) is 0 Å². The molecule has 0 rings (SSSR count). The highest BCUT2D eigenvalue weighted by Crippen LogP contribution is 2.43. The molecule has 0 heterocycles. The number of rotatable bonds is 50. The highest BCUT2D eigenvalue weighted by molar-refractivity contribution is 7.47. The van der Waals surface area contributed by atoms with E-state index in [-0.39, 0.29) is 31.5 Å². The quantitative estimate of drug-likeness (QED) is 0.0205. The zero-order chi connectivity index (χ0) is 50.1. The Hall–Kier alpha value is -2.29. The molecule has 0 saturated heterocycles. The van der Waals surface area contributed by atoms with Crippen LogP contribution in [0.2, 0.25) is 0 Å². The van der Waals surface area contributed by atoms with Gasteiger partial charge in [0.2, 0.25) is 5.91 Å². The van der Waals surface area contributed by atoms with E-state index in [0.717, 1.165) is 89.9 Å². The number of nitrogens with one attached hydrogen (secondary N) is 1. The summed E-state index contributed by atoms with van der Waals surface area (Å²) in [6.45, 7) is 6.94. The van der Waals surface area contributed by atoms with Gasteiger partial charge in [0.05, 0.1) is 33.8 Å². The average Bonchev–Trinajstić information content (AvgIpc) is 3.29. The van der Waals surface area contributed by atoms with Crippen LogP contribution in [0, 0.1) is 0 Å². The molecule has 3 unspecified atom stereocenters. The number of unbranched alkanes of at least 4 members (excludes halogenated alkanes) is 26. The molecule has 1 amide bonds. The van der Waals surface area contributed by atoms with Crippen LogP contribution in [0.1, 0.15) is 245 Å². The summed E-state index contributed by atoms with van der Waals surface area (Å²) >= 11 is 0. The van der Waals surface area contributed by atoms with Crippen LogP contribution in [0.15, 0.2) is 60.8 Å². The van der Waals surface area contributed by atoms with Crippen molar-refractivity contribution in [2.75, 3.05) is 40.9 Å². The van der Waals surface area contributed by atoms with Crippen molar-refractivity contribution in [3.63, 3.8) is 0 Å². The SMILES string of the molecule is CCCCC/C=C\C/C=C\C/C=C\CCCCCCC(=O)OC(/C=C/CCCCCCCCCCC)C(COP(=O)(O)OCC[N+](C)(C)C)NC(=O)CCCCC/C=C\CCCCCCCCC. The number of phosphoric acid groups is 1. The predicted molar refractivity (Wildman–Crippen MR) is 291 cm³/mol. The Morgan fingerprint density at radius 1 is 0.515 bits per heavy atom. The summed E-state index contributed by atoms with van der Waals surface area (Å²) in [6.07, 6.45) is 59.3. The van der Waals surface area contributed by atoms with Crippen molar-refractivity contribution in [2.24, 2.45) is 0 Å². The molecule has 0 saturated carbocycles. The fraction of sp³-hybridized carbons (Fsp3) is 0.793. The normalized spacial score (nSPS) is 14.3. The largest absolute Gasteiger partial charge is 0.472 e. The lowest BCUT2D eigenvalue weighted by atomic mass is 10.1. The fourth-order valence-electron chi connectivity index (χ4n) is 7.76. The Bertz CT molecular complexity index is 1350. The number of carbonyl (C=O) groups excluding carboxylic acids is 2. The van der Waals surface area contributed by atoms with Gasteiger partial charge in [0, 0.05) is 12.8 Å². The summed E-state index contributed by atoms with van der Waals surface area (Å²) in [6, 6.07) is -0.864. The van der Waals surface area contributed by atoms with Crippen LogP contribution in [-0.4, -0.2) is 74.3 Å². The highest BCUT2D eigenvalue weighted by atomic mass is 31.2. The zero-order valence-electron chi connectivity index (χ0n) is 45.1. The summed E-state index contributed by atoms with van der Waals surface area (Å²) in [5, 5.41) is 3.03. The number of esters is 1. The van der Waals surface area contributed by atoms with Gasteiger partial charge in [-0.15, -0.1) is 0 Å². The molecule has 3 atom stereocenters. The first-order chi connectivity index (χ1) is 32.9. The minimum Gasteiger partial charge on any atom is -0.456 e. The van der Waals surface area contributed by atoms with E-state index in [4.69, 9.17) is 13.8 Å². The Labute approximate surface area is 420 Å². The maximum Gasteiger partial charge on any atom is 0.472 e. The average molecular weight is 976 g/mol. The lowest BCUT2D eigenvalue weighted by Crippen LogP contribution is -2.47. The molecule has 0 aromatic rings. The maximum atomic E-state index is 13.5. The molecule has 396 valence electrons. The minimum absolute atomic E-state index is 0.0324. The first-order valence-corrected chi connectivity index (χ1v) is 29.6. The summed E-state index contributed by atoms with van der Waals surface area (Å²) in [5.41, 5.74) is 0. The summed E-state index contributed by atoms with van der Waals surface area (Å²) in [7, 11) is 1.47. The van der Waals surface area contributed by atoms with E-state index in [1.165, 1.54) is 116 Å². The molecule has 68 heavy (non-hydrogen) atoms. The second kappa shape index (κ2) is 48.3. The van der Waals surface area contributed by atoms with Crippen molar-refractivity contribution in [1.82, 2.24) is 5.32 Å². The number of ether oxygens (including phenoxy) is 1. The second-order valence-electron chi connectivity index (χ2n) is 20.1. The Kier molecular flexibility index (Phi) is 46.7. The van der Waals surface area contributed by atoms with Crippen molar-refractivity contribution >= 4 is 19.7 Å². The van der Waals surface area contributed by atoms with Gasteiger partial charge in [0.15, 0.2) is 0 Å². The molecule has 2 N–H and O–H groups in total. The molecule has 0 spiro atoms. The van der Waals surface area contributed by atoms with Crippen molar-refractivity contribution < 1.29 is 37.3 Å². The predicted octanol–water partition coefficient (Wildman–Crippen LogP) is 16.7. The number of hydrogen-bond donors (Lipinski definition) is 2. The van der Waals surface area contributed by atoms with Gasteiger partial charge in [-0.2, -0.15) is 0 Å². The third kappa shape index (κ3) is 48.7. The van der Waals surface area contributed by atoms with Crippen LogP contribution < -0.4 is 5.32 Å². The first kappa shape index (κ1) is 65.7. The summed E-state index contributed by atoms with van der Waals surface area (Å²) in [4.78, 5) is 37.5. The monoisotopic (exact) mass is 976 g/mol. The molecule has 10 heteroatoms. The van der Waals surface area contributed by atoms with E-state index in [1.54, 1.807) is 0 Å². The van der Waals surface area contributed by atoms with Crippen LogP contribution in [-0.2, 0) is 27.9 Å². The lowest BCUT2D eigenvalue weighted by Gasteiger charge is -2.27. The molecule has 0 aliphatic carbocycles. The number of allylic oxidation sites excluding steroid dienone is 9. The van der Waals surface area contributed by atoms with Crippen LogP contribution >= 0.6 is 7.82 Å². The van der Waals surface area contributed by atoms with Crippen LogP contribution in [0.25, 0.3) is 0 Å². The third-order valence-electron chi connectivity index (χ3n) is 12.2. The molecule has 0 aromatic carbocycles. The molecular weight excluding hydrogens is 868 g/mol. The highest BCUT2D eigenvalue weighted by Gasteiger charge is 2.30. The Balaban J connectivity index is 5.41. The van der Waals surface area contributed by atoms with Gasteiger partial charge in [-0.3, -0.25) is 18.6 Å². The van der Waals surface area contributed by atoms with Crippen molar-refractivity contribution in [1.29, 1.82) is 0 Å². The van der Waals surface area contributed by atoms with E-state index >= 15 is 0 Å². The molecule has 0 aliphatic heterocycles. The number of quaternary nitrogens is 1. The molecule has 0 aliphatic rings. The first-order valence-electron chi connectivity index (χ1n) is 28.1. The Morgan fingerprint density at radius 2 is 0.897 bits per heavy atom.